The van der Waals surface area contributed by atoms with Crippen molar-refractivity contribution in [3.05, 3.63) is 35.4 Å². The molecule has 5 nitrogen and oxygen atoms in total. The largest absolute Gasteiger partial charge is 0.325 e. The van der Waals surface area contributed by atoms with Gasteiger partial charge in [-0.15, -0.1) is 10.2 Å². The number of nitrogens with zero attached hydrogens (tertiary/aromatic N) is 4. The highest BCUT2D eigenvalue weighted by Crippen LogP contribution is 2.24. The third-order valence-electron chi connectivity index (χ3n) is 3.53. The van der Waals surface area contributed by atoms with Gasteiger partial charge in [-0.3, -0.25) is 4.98 Å². The van der Waals surface area contributed by atoms with E-state index in [0.29, 0.717) is 6.54 Å². The highest BCUT2D eigenvalue weighted by atomic mass is 32.2. The minimum atomic E-state index is 0.485. The standard InChI is InChI=1S/C14H19N5S/c15-9-12-8-11(5-6-16-12)10-20-14-18-17-13-4-2-1-3-7-19(13)14/h5-6,8H,1-4,7,9-10,15H2. The van der Waals surface area contributed by atoms with Gasteiger partial charge in [-0.2, -0.15) is 0 Å². The van der Waals surface area contributed by atoms with Crippen LogP contribution in [0.1, 0.15) is 36.3 Å². The van der Waals surface area contributed by atoms with E-state index in [1.165, 1.54) is 24.8 Å². The van der Waals surface area contributed by atoms with E-state index in [1.807, 2.05) is 12.3 Å². The van der Waals surface area contributed by atoms with Crippen molar-refractivity contribution >= 4 is 11.8 Å². The minimum Gasteiger partial charge on any atom is -0.325 e. The fraction of sp³-hybridized carbons (Fsp3) is 0.500. The number of aryl methyl sites for hydroxylation is 1. The summed E-state index contributed by atoms with van der Waals surface area (Å²) in [4.78, 5) is 4.22. The van der Waals surface area contributed by atoms with E-state index in [0.717, 1.165) is 35.4 Å². The first-order chi connectivity index (χ1) is 9.86. The van der Waals surface area contributed by atoms with Crippen LogP contribution in [0.15, 0.2) is 23.5 Å². The Morgan fingerprint density at radius 1 is 1.25 bits per heavy atom. The molecule has 0 atom stereocenters. The number of nitrogens with two attached hydrogens (primary N) is 1. The van der Waals surface area contributed by atoms with Gasteiger partial charge >= 0.3 is 0 Å². The van der Waals surface area contributed by atoms with E-state index in [2.05, 4.69) is 25.8 Å². The molecule has 0 radical (unpaired) electrons. The summed E-state index contributed by atoms with van der Waals surface area (Å²) in [5.74, 6) is 2.02. The van der Waals surface area contributed by atoms with Crippen LogP contribution < -0.4 is 5.73 Å². The number of hydrogen-bond acceptors (Lipinski definition) is 5. The smallest absolute Gasteiger partial charge is 0.191 e. The zero-order chi connectivity index (χ0) is 13.8. The Bertz CT molecular complexity index is 581. The molecule has 106 valence electrons. The lowest BCUT2D eigenvalue weighted by Crippen LogP contribution is -2.02. The first-order valence-electron chi connectivity index (χ1n) is 7.05. The molecule has 0 fully saturated rings. The van der Waals surface area contributed by atoms with Crippen molar-refractivity contribution in [1.82, 2.24) is 19.7 Å². The van der Waals surface area contributed by atoms with Crippen molar-refractivity contribution in [2.24, 2.45) is 5.73 Å². The molecule has 0 aliphatic carbocycles. The molecule has 1 aliphatic heterocycles. The predicted octanol–water partition coefficient (Wildman–Crippen LogP) is 2.15. The topological polar surface area (TPSA) is 69.6 Å². The summed E-state index contributed by atoms with van der Waals surface area (Å²) >= 11 is 1.74. The van der Waals surface area contributed by atoms with Gasteiger partial charge in [0.15, 0.2) is 5.16 Å². The molecule has 3 rings (SSSR count). The van der Waals surface area contributed by atoms with E-state index in [-0.39, 0.29) is 0 Å². The summed E-state index contributed by atoms with van der Waals surface area (Å²) in [6.07, 6.45) is 6.62. The number of thioether (sulfide) groups is 1. The molecule has 3 heterocycles. The molecule has 2 aromatic rings. The van der Waals surface area contributed by atoms with E-state index in [4.69, 9.17) is 5.73 Å². The van der Waals surface area contributed by atoms with E-state index in [9.17, 15) is 0 Å². The van der Waals surface area contributed by atoms with Crippen LogP contribution in [0, 0.1) is 0 Å². The normalized spacial score (nSPS) is 14.8. The summed E-state index contributed by atoms with van der Waals surface area (Å²) in [5.41, 5.74) is 7.79. The molecule has 0 unspecified atom stereocenters. The van der Waals surface area contributed by atoms with Gasteiger partial charge < -0.3 is 10.3 Å². The molecule has 0 amide bonds. The first-order valence-corrected chi connectivity index (χ1v) is 8.04. The maximum Gasteiger partial charge on any atom is 0.191 e. The minimum absolute atomic E-state index is 0.485. The number of aromatic nitrogens is 4. The molecule has 20 heavy (non-hydrogen) atoms. The number of hydrogen-bond donors (Lipinski definition) is 1. The second-order valence-electron chi connectivity index (χ2n) is 5.01. The lowest BCUT2D eigenvalue weighted by Gasteiger charge is -2.06. The van der Waals surface area contributed by atoms with Gasteiger partial charge in [-0.1, -0.05) is 18.2 Å². The molecule has 0 aromatic carbocycles. The molecule has 6 heteroatoms. The molecular formula is C14H19N5S. The monoisotopic (exact) mass is 289 g/mol. The van der Waals surface area contributed by atoms with Crippen molar-refractivity contribution in [2.45, 2.75) is 49.7 Å². The number of pyridine rings is 1. The SMILES string of the molecule is NCc1cc(CSc2nnc3n2CCCCC3)ccn1. The molecule has 2 N–H and O–H groups in total. The summed E-state index contributed by atoms with van der Waals surface area (Å²) in [7, 11) is 0. The second-order valence-corrected chi connectivity index (χ2v) is 5.95. The Morgan fingerprint density at radius 2 is 2.20 bits per heavy atom. The van der Waals surface area contributed by atoms with E-state index in [1.54, 1.807) is 11.8 Å². The Labute approximate surface area is 123 Å². The van der Waals surface area contributed by atoms with Crippen LogP contribution in [-0.4, -0.2) is 19.7 Å². The molecule has 0 saturated heterocycles. The molecule has 2 aromatic heterocycles. The molecular weight excluding hydrogens is 270 g/mol. The van der Waals surface area contributed by atoms with Crippen LogP contribution >= 0.6 is 11.8 Å². The lowest BCUT2D eigenvalue weighted by molar-refractivity contribution is 0.591. The first kappa shape index (κ1) is 13.6. The van der Waals surface area contributed by atoms with Crippen LogP contribution in [0.3, 0.4) is 0 Å². The summed E-state index contributed by atoms with van der Waals surface area (Å²) < 4.78 is 2.28. The van der Waals surface area contributed by atoms with Crippen molar-refractivity contribution in [3.63, 3.8) is 0 Å². The Balaban J connectivity index is 1.70. The zero-order valence-electron chi connectivity index (χ0n) is 11.5. The van der Waals surface area contributed by atoms with Gasteiger partial charge in [0.25, 0.3) is 0 Å². The highest BCUT2D eigenvalue weighted by Gasteiger charge is 2.14. The molecule has 0 saturated carbocycles. The van der Waals surface area contributed by atoms with Gasteiger partial charge in [0.1, 0.15) is 5.82 Å². The molecule has 0 spiro atoms. The average molecular weight is 289 g/mol. The van der Waals surface area contributed by atoms with Crippen molar-refractivity contribution < 1.29 is 0 Å². The predicted molar refractivity (Wildman–Crippen MR) is 79.3 cm³/mol. The van der Waals surface area contributed by atoms with E-state index < -0.39 is 0 Å². The summed E-state index contributed by atoms with van der Waals surface area (Å²) in [6, 6.07) is 4.10. The zero-order valence-corrected chi connectivity index (χ0v) is 12.3. The quantitative estimate of drug-likeness (QED) is 0.873. The Kier molecular flexibility index (Phi) is 4.32. The van der Waals surface area contributed by atoms with Crippen LogP contribution in [-0.2, 0) is 25.3 Å². The third-order valence-corrected chi connectivity index (χ3v) is 4.57. The maximum absolute atomic E-state index is 5.62. The fourth-order valence-electron chi connectivity index (χ4n) is 2.44. The van der Waals surface area contributed by atoms with Crippen LogP contribution in [0.25, 0.3) is 0 Å². The average Bonchev–Trinajstić information content (AvgIpc) is 2.72. The molecule has 0 bridgehead atoms. The van der Waals surface area contributed by atoms with Crippen LogP contribution in [0.2, 0.25) is 0 Å². The Morgan fingerprint density at radius 3 is 3.10 bits per heavy atom. The fourth-order valence-corrected chi connectivity index (χ4v) is 3.37. The van der Waals surface area contributed by atoms with Gasteiger partial charge in [-0.25, -0.2) is 0 Å². The molecule has 1 aliphatic rings. The maximum atomic E-state index is 5.62. The third kappa shape index (κ3) is 3.02. The van der Waals surface area contributed by atoms with Gasteiger partial charge in [0.05, 0.1) is 5.69 Å². The van der Waals surface area contributed by atoms with Gasteiger partial charge in [0, 0.05) is 31.5 Å². The second kappa shape index (κ2) is 6.37. The van der Waals surface area contributed by atoms with E-state index >= 15 is 0 Å². The van der Waals surface area contributed by atoms with Gasteiger partial charge in [-0.05, 0) is 30.5 Å². The Hall–Kier alpha value is -1.40. The summed E-state index contributed by atoms with van der Waals surface area (Å²) in [5, 5.41) is 9.69. The number of fused-ring (bicyclic) bond motifs is 1. The van der Waals surface area contributed by atoms with Crippen LogP contribution in [0.5, 0.6) is 0 Å². The van der Waals surface area contributed by atoms with Gasteiger partial charge in [0.2, 0.25) is 0 Å². The van der Waals surface area contributed by atoms with Crippen molar-refractivity contribution in [1.29, 1.82) is 0 Å². The van der Waals surface area contributed by atoms with Crippen LogP contribution in [0.4, 0.5) is 0 Å². The lowest BCUT2D eigenvalue weighted by atomic mass is 10.2. The van der Waals surface area contributed by atoms with Crippen molar-refractivity contribution in [2.75, 3.05) is 0 Å². The number of rotatable bonds is 4. The van der Waals surface area contributed by atoms with Crippen molar-refractivity contribution in [3.8, 4) is 0 Å². The summed E-state index contributed by atoms with van der Waals surface area (Å²) in [6.45, 7) is 1.54. The highest BCUT2D eigenvalue weighted by molar-refractivity contribution is 7.98.